The maximum absolute atomic E-state index is 12.2. The molecule has 0 heterocycles. The molecule has 0 bridgehead atoms. The predicted molar refractivity (Wildman–Crippen MR) is 72.8 cm³/mol. The summed E-state index contributed by atoms with van der Waals surface area (Å²) in [5, 5.41) is 0. The van der Waals surface area contributed by atoms with Crippen LogP contribution in [-0.2, 0) is 11.3 Å². The molecule has 1 aromatic rings. The van der Waals surface area contributed by atoms with Crippen LogP contribution in [0.25, 0.3) is 0 Å². The van der Waals surface area contributed by atoms with Gasteiger partial charge in [0.05, 0.1) is 0 Å². The molecular weight excluding hydrogens is 224 g/mol. The largest absolute Gasteiger partial charge is 0.339 e. The van der Waals surface area contributed by atoms with Crippen molar-refractivity contribution in [3.05, 3.63) is 35.9 Å². The third-order valence-electron chi connectivity index (χ3n) is 3.59. The smallest absolute Gasteiger partial charge is 0.224 e. The standard InChI is InChI=1S/C15H22N2O/c1-2-17(11-12-6-4-3-5-7-12)15(18)10-14(16)13-8-9-13/h3-7,13-14H,2,8-11,16H2,1H3. The second-order valence-corrected chi connectivity index (χ2v) is 5.10. The van der Waals surface area contributed by atoms with E-state index in [1.807, 2.05) is 30.0 Å². The molecule has 0 aliphatic heterocycles. The predicted octanol–water partition coefficient (Wildman–Crippen LogP) is 2.16. The van der Waals surface area contributed by atoms with Gasteiger partial charge in [0.15, 0.2) is 0 Å². The Hall–Kier alpha value is -1.35. The molecule has 3 heteroatoms. The third-order valence-corrected chi connectivity index (χ3v) is 3.59. The molecule has 1 saturated carbocycles. The van der Waals surface area contributed by atoms with E-state index in [1.165, 1.54) is 18.4 Å². The van der Waals surface area contributed by atoms with Gasteiger partial charge in [-0.3, -0.25) is 4.79 Å². The molecule has 1 aliphatic rings. The van der Waals surface area contributed by atoms with Crippen molar-refractivity contribution in [2.24, 2.45) is 11.7 Å². The minimum absolute atomic E-state index is 0.0577. The molecule has 0 radical (unpaired) electrons. The highest BCUT2D eigenvalue weighted by molar-refractivity contribution is 5.76. The van der Waals surface area contributed by atoms with Gasteiger partial charge in [-0.1, -0.05) is 30.3 Å². The minimum Gasteiger partial charge on any atom is -0.339 e. The van der Waals surface area contributed by atoms with Crippen LogP contribution in [0.5, 0.6) is 0 Å². The zero-order valence-corrected chi connectivity index (χ0v) is 11.0. The van der Waals surface area contributed by atoms with Crippen LogP contribution in [0.3, 0.4) is 0 Å². The molecule has 98 valence electrons. The molecule has 1 fully saturated rings. The van der Waals surface area contributed by atoms with E-state index in [9.17, 15) is 4.79 Å². The van der Waals surface area contributed by atoms with Crippen LogP contribution in [0.4, 0.5) is 0 Å². The number of carbonyl (C=O) groups excluding carboxylic acids is 1. The van der Waals surface area contributed by atoms with Crippen molar-refractivity contribution in [1.29, 1.82) is 0 Å². The first-order valence-corrected chi connectivity index (χ1v) is 6.78. The second kappa shape index (κ2) is 6.01. The first kappa shape index (κ1) is 13.1. The molecule has 0 aromatic heterocycles. The number of hydrogen-bond acceptors (Lipinski definition) is 2. The second-order valence-electron chi connectivity index (χ2n) is 5.10. The Morgan fingerprint density at radius 2 is 2.06 bits per heavy atom. The Labute approximate surface area is 109 Å². The monoisotopic (exact) mass is 246 g/mol. The van der Waals surface area contributed by atoms with E-state index < -0.39 is 0 Å². The van der Waals surface area contributed by atoms with Gasteiger partial charge in [-0.15, -0.1) is 0 Å². The van der Waals surface area contributed by atoms with Gasteiger partial charge in [0.1, 0.15) is 0 Å². The number of carbonyl (C=O) groups is 1. The summed E-state index contributed by atoms with van der Waals surface area (Å²) in [4.78, 5) is 14.1. The fourth-order valence-electron chi connectivity index (χ4n) is 2.20. The van der Waals surface area contributed by atoms with Crippen molar-refractivity contribution >= 4 is 5.91 Å². The maximum Gasteiger partial charge on any atom is 0.224 e. The number of nitrogens with two attached hydrogens (primary N) is 1. The first-order valence-electron chi connectivity index (χ1n) is 6.78. The molecule has 1 atom stereocenters. The quantitative estimate of drug-likeness (QED) is 0.836. The normalized spacial score (nSPS) is 16.3. The summed E-state index contributed by atoms with van der Waals surface area (Å²) < 4.78 is 0. The molecule has 2 N–H and O–H groups in total. The highest BCUT2D eigenvalue weighted by Gasteiger charge is 2.30. The number of amides is 1. The summed E-state index contributed by atoms with van der Waals surface area (Å²) in [6.07, 6.45) is 2.88. The van der Waals surface area contributed by atoms with Crippen LogP contribution in [0.1, 0.15) is 31.7 Å². The van der Waals surface area contributed by atoms with Gasteiger partial charge in [0.25, 0.3) is 0 Å². The maximum atomic E-state index is 12.2. The number of benzene rings is 1. The molecule has 0 saturated heterocycles. The van der Waals surface area contributed by atoms with Crippen molar-refractivity contribution in [3.8, 4) is 0 Å². The average molecular weight is 246 g/mol. The Bertz CT molecular complexity index is 387. The van der Waals surface area contributed by atoms with Gasteiger partial charge in [-0.05, 0) is 31.2 Å². The molecule has 1 aliphatic carbocycles. The van der Waals surface area contributed by atoms with Crippen molar-refractivity contribution < 1.29 is 4.79 Å². The summed E-state index contributed by atoms with van der Waals surface area (Å²) in [6, 6.07) is 10.2. The van der Waals surface area contributed by atoms with Gasteiger partial charge in [0, 0.05) is 25.6 Å². The molecule has 1 unspecified atom stereocenters. The lowest BCUT2D eigenvalue weighted by Gasteiger charge is -2.22. The lowest BCUT2D eigenvalue weighted by molar-refractivity contribution is -0.132. The molecule has 2 rings (SSSR count). The molecule has 1 amide bonds. The lowest BCUT2D eigenvalue weighted by atomic mass is 10.1. The fraction of sp³-hybridized carbons (Fsp3) is 0.533. The zero-order valence-electron chi connectivity index (χ0n) is 11.0. The highest BCUT2D eigenvalue weighted by Crippen LogP contribution is 2.33. The van der Waals surface area contributed by atoms with E-state index in [0.29, 0.717) is 18.9 Å². The van der Waals surface area contributed by atoms with Gasteiger partial charge in [0.2, 0.25) is 5.91 Å². The van der Waals surface area contributed by atoms with E-state index in [-0.39, 0.29) is 11.9 Å². The van der Waals surface area contributed by atoms with Crippen molar-refractivity contribution in [2.75, 3.05) is 6.54 Å². The number of hydrogen-bond donors (Lipinski definition) is 1. The first-order chi connectivity index (χ1) is 8.70. The van der Waals surface area contributed by atoms with Crippen LogP contribution >= 0.6 is 0 Å². The highest BCUT2D eigenvalue weighted by atomic mass is 16.2. The summed E-state index contributed by atoms with van der Waals surface area (Å²) >= 11 is 0. The van der Waals surface area contributed by atoms with E-state index >= 15 is 0 Å². The molecule has 1 aromatic carbocycles. The summed E-state index contributed by atoms with van der Waals surface area (Å²) in [6.45, 7) is 3.45. The third kappa shape index (κ3) is 3.57. The van der Waals surface area contributed by atoms with E-state index in [1.54, 1.807) is 0 Å². The van der Waals surface area contributed by atoms with Crippen LogP contribution in [0.15, 0.2) is 30.3 Å². The van der Waals surface area contributed by atoms with Gasteiger partial charge in [-0.2, -0.15) is 0 Å². The van der Waals surface area contributed by atoms with Gasteiger partial charge >= 0.3 is 0 Å². The Morgan fingerprint density at radius 3 is 2.61 bits per heavy atom. The minimum atomic E-state index is 0.0577. The Morgan fingerprint density at radius 1 is 1.39 bits per heavy atom. The van der Waals surface area contributed by atoms with Crippen molar-refractivity contribution in [3.63, 3.8) is 0 Å². The molecule has 18 heavy (non-hydrogen) atoms. The zero-order chi connectivity index (χ0) is 13.0. The lowest BCUT2D eigenvalue weighted by Crippen LogP contribution is -2.36. The fourth-order valence-corrected chi connectivity index (χ4v) is 2.20. The number of nitrogens with zero attached hydrogens (tertiary/aromatic N) is 1. The summed E-state index contributed by atoms with van der Waals surface area (Å²) in [5.41, 5.74) is 7.19. The van der Waals surface area contributed by atoms with Gasteiger partial charge < -0.3 is 10.6 Å². The number of rotatable bonds is 6. The molecule has 3 nitrogen and oxygen atoms in total. The van der Waals surface area contributed by atoms with Crippen molar-refractivity contribution in [2.45, 2.75) is 38.8 Å². The van der Waals surface area contributed by atoms with Crippen LogP contribution in [0, 0.1) is 5.92 Å². The summed E-state index contributed by atoms with van der Waals surface area (Å²) in [7, 11) is 0. The van der Waals surface area contributed by atoms with E-state index in [0.717, 1.165) is 6.54 Å². The molecule has 0 spiro atoms. The van der Waals surface area contributed by atoms with Crippen LogP contribution in [0.2, 0.25) is 0 Å². The average Bonchev–Trinajstić information content (AvgIpc) is 3.21. The van der Waals surface area contributed by atoms with Crippen LogP contribution in [-0.4, -0.2) is 23.4 Å². The SMILES string of the molecule is CCN(Cc1ccccc1)C(=O)CC(N)C1CC1. The van der Waals surface area contributed by atoms with E-state index in [4.69, 9.17) is 5.73 Å². The van der Waals surface area contributed by atoms with Gasteiger partial charge in [-0.25, -0.2) is 0 Å². The Kier molecular flexibility index (Phi) is 4.37. The molecular formula is C15H22N2O. The topological polar surface area (TPSA) is 46.3 Å². The van der Waals surface area contributed by atoms with Crippen molar-refractivity contribution in [1.82, 2.24) is 4.90 Å². The summed E-state index contributed by atoms with van der Waals surface area (Å²) in [5.74, 6) is 0.769. The Balaban J connectivity index is 1.89. The van der Waals surface area contributed by atoms with E-state index in [2.05, 4.69) is 12.1 Å². The van der Waals surface area contributed by atoms with Crippen LogP contribution < -0.4 is 5.73 Å².